The molecule has 2 amide bonds. The van der Waals surface area contributed by atoms with Crippen LogP contribution in [-0.2, 0) is 16.1 Å². The van der Waals surface area contributed by atoms with Crippen LogP contribution in [0.1, 0.15) is 6.42 Å². The van der Waals surface area contributed by atoms with Gasteiger partial charge in [0.25, 0.3) is 5.56 Å². The monoisotopic (exact) mass is 438 g/mol. The molecule has 11 heteroatoms. The fraction of sp³-hybridized carbons (Fsp3) is 0.474. The molecule has 1 aromatic heterocycles. The predicted molar refractivity (Wildman–Crippen MR) is 114 cm³/mol. The molecular formula is C19H26N4O6S. The number of hydrogen-bond acceptors (Lipinski definition) is 8. The summed E-state index contributed by atoms with van der Waals surface area (Å²) in [5, 5.41) is 14.3. The average molecular weight is 439 g/mol. The number of fused-ring (bicyclic) bond motifs is 1. The van der Waals surface area contributed by atoms with Crippen LogP contribution in [0.25, 0.3) is 10.9 Å². The topological polar surface area (TPSA) is 132 Å². The third-order valence-electron chi connectivity index (χ3n) is 4.32. The van der Waals surface area contributed by atoms with Crippen LogP contribution in [0.4, 0.5) is 0 Å². The number of methoxy groups -OCH3 is 2. The molecule has 1 unspecified atom stereocenters. The highest BCUT2D eigenvalue weighted by atomic mass is 32.2. The first-order valence-electron chi connectivity index (χ1n) is 9.23. The van der Waals surface area contributed by atoms with Gasteiger partial charge in [0.05, 0.1) is 38.1 Å². The Morgan fingerprint density at radius 1 is 1.27 bits per heavy atom. The van der Waals surface area contributed by atoms with Crippen LogP contribution in [0.3, 0.4) is 0 Å². The van der Waals surface area contributed by atoms with Crippen molar-refractivity contribution in [2.24, 2.45) is 0 Å². The van der Waals surface area contributed by atoms with Crippen LogP contribution >= 0.6 is 11.8 Å². The van der Waals surface area contributed by atoms with E-state index in [1.165, 1.54) is 31.2 Å². The molecule has 0 saturated heterocycles. The third-order valence-corrected chi connectivity index (χ3v) is 4.96. The molecule has 2 aromatic rings. The Balaban J connectivity index is 2.20. The molecule has 0 aliphatic heterocycles. The molecule has 0 saturated carbocycles. The Hall–Kier alpha value is -2.79. The zero-order valence-electron chi connectivity index (χ0n) is 17.1. The molecular weight excluding hydrogens is 412 g/mol. The van der Waals surface area contributed by atoms with Crippen molar-refractivity contribution < 1.29 is 24.2 Å². The van der Waals surface area contributed by atoms with Gasteiger partial charge in [0.1, 0.15) is 12.6 Å². The van der Waals surface area contributed by atoms with E-state index in [0.29, 0.717) is 29.2 Å². The van der Waals surface area contributed by atoms with Crippen LogP contribution in [0.5, 0.6) is 11.5 Å². The molecule has 0 radical (unpaired) electrons. The number of thioether (sulfide) groups is 1. The number of nitrogens with zero attached hydrogens (tertiary/aromatic N) is 2. The molecule has 0 aliphatic rings. The summed E-state index contributed by atoms with van der Waals surface area (Å²) in [7, 11) is 2.95. The SMILES string of the molecule is COc1cc2ncn(CC(=O)NC(CCSC)C(=O)NCCO)c(=O)c2cc1OC. The van der Waals surface area contributed by atoms with Crippen molar-refractivity contribution in [3.8, 4) is 11.5 Å². The maximum atomic E-state index is 12.8. The highest BCUT2D eigenvalue weighted by Gasteiger charge is 2.21. The number of nitrogens with one attached hydrogen (secondary N) is 2. The van der Waals surface area contributed by atoms with Crippen molar-refractivity contribution in [1.82, 2.24) is 20.2 Å². The van der Waals surface area contributed by atoms with Gasteiger partial charge >= 0.3 is 0 Å². The smallest absolute Gasteiger partial charge is 0.261 e. The molecule has 164 valence electrons. The minimum Gasteiger partial charge on any atom is -0.493 e. The number of benzene rings is 1. The minimum absolute atomic E-state index is 0.101. The van der Waals surface area contributed by atoms with E-state index >= 15 is 0 Å². The van der Waals surface area contributed by atoms with Crippen molar-refractivity contribution in [2.45, 2.75) is 19.0 Å². The second kappa shape index (κ2) is 11.4. The lowest BCUT2D eigenvalue weighted by atomic mass is 10.2. The summed E-state index contributed by atoms with van der Waals surface area (Å²) in [6, 6.07) is 2.34. The van der Waals surface area contributed by atoms with Gasteiger partial charge in [0.2, 0.25) is 11.8 Å². The van der Waals surface area contributed by atoms with Gasteiger partial charge in [0.15, 0.2) is 11.5 Å². The van der Waals surface area contributed by atoms with Gasteiger partial charge in [-0.2, -0.15) is 11.8 Å². The molecule has 0 fully saturated rings. The molecule has 10 nitrogen and oxygen atoms in total. The summed E-state index contributed by atoms with van der Waals surface area (Å²) < 4.78 is 11.6. The Morgan fingerprint density at radius 3 is 2.60 bits per heavy atom. The van der Waals surface area contributed by atoms with E-state index in [2.05, 4.69) is 15.6 Å². The summed E-state index contributed by atoms with van der Waals surface area (Å²) in [5.74, 6) is 0.606. The van der Waals surface area contributed by atoms with Gasteiger partial charge in [-0.25, -0.2) is 4.98 Å². The van der Waals surface area contributed by atoms with E-state index in [1.807, 2.05) is 6.26 Å². The van der Waals surface area contributed by atoms with Gasteiger partial charge in [-0.15, -0.1) is 0 Å². The zero-order valence-corrected chi connectivity index (χ0v) is 18.0. The quantitative estimate of drug-likeness (QED) is 0.438. The standard InChI is InChI=1S/C19H26N4O6S/c1-28-15-8-12-14(9-16(15)29-2)21-11-23(19(12)27)10-17(25)22-13(4-7-30-3)18(26)20-5-6-24/h8-9,11,13,24H,4-7,10H2,1-3H3,(H,20,26)(H,22,25). The summed E-state index contributed by atoms with van der Waals surface area (Å²) in [4.78, 5) is 41.7. The Bertz CT molecular complexity index is 949. The number of amides is 2. The second-order valence-corrected chi connectivity index (χ2v) is 7.30. The van der Waals surface area contributed by atoms with Crippen molar-refractivity contribution in [2.75, 3.05) is 39.4 Å². The Morgan fingerprint density at radius 2 is 1.97 bits per heavy atom. The van der Waals surface area contributed by atoms with Crippen molar-refractivity contribution >= 4 is 34.5 Å². The second-order valence-electron chi connectivity index (χ2n) is 6.32. The molecule has 0 spiro atoms. The van der Waals surface area contributed by atoms with E-state index < -0.39 is 17.5 Å². The lowest BCUT2D eigenvalue weighted by Gasteiger charge is -2.18. The van der Waals surface area contributed by atoms with Crippen molar-refractivity contribution in [3.63, 3.8) is 0 Å². The summed E-state index contributed by atoms with van der Waals surface area (Å²) in [6.45, 7) is -0.385. The maximum Gasteiger partial charge on any atom is 0.261 e. The number of carbonyl (C=O) groups is 2. The largest absolute Gasteiger partial charge is 0.493 e. The molecule has 1 heterocycles. The van der Waals surface area contributed by atoms with E-state index in [1.54, 1.807) is 17.8 Å². The van der Waals surface area contributed by atoms with Gasteiger partial charge in [-0.3, -0.25) is 19.0 Å². The summed E-state index contributed by atoms with van der Waals surface area (Å²) in [6.07, 6.45) is 3.60. The molecule has 0 aliphatic carbocycles. The van der Waals surface area contributed by atoms with Gasteiger partial charge in [-0.05, 0) is 24.5 Å². The minimum atomic E-state index is -0.759. The first-order valence-corrected chi connectivity index (χ1v) is 10.6. The number of rotatable bonds is 11. The maximum absolute atomic E-state index is 12.8. The first kappa shape index (κ1) is 23.5. The van der Waals surface area contributed by atoms with Crippen LogP contribution in [0.2, 0.25) is 0 Å². The van der Waals surface area contributed by atoms with Crippen LogP contribution in [-0.4, -0.2) is 71.9 Å². The predicted octanol–water partition coefficient (Wildman–Crippen LogP) is -0.240. The Labute approximate surface area is 178 Å². The molecule has 0 bridgehead atoms. The lowest BCUT2D eigenvalue weighted by molar-refractivity contribution is -0.129. The van der Waals surface area contributed by atoms with Crippen LogP contribution in [0, 0.1) is 0 Å². The van der Waals surface area contributed by atoms with Gasteiger partial charge < -0.3 is 25.2 Å². The average Bonchev–Trinajstić information content (AvgIpc) is 2.75. The highest BCUT2D eigenvalue weighted by Crippen LogP contribution is 2.29. The lowest BCUT2D eigenvalue weighted by Crippen LogP contribution is -2.49. The van der Waals surface area contributed by atoms with Gasteiger partial charge in [-0.1, -0.05) is 0 Å². The number of carbonyl (C=O) groups excluding carboxylic acids is 2. The Kier molecular flexibility index (Phi) is 8.93. The number of aliphatic hydroxyl groups excluding tert-OH is 1. The molecule has 1 aromatic carbocycles. The van der Waals surface area contributed by atoms with E-state index in [9.17, 15) is 14.4 Å². The fourth-order valence-corrected chi connectivity index (χ4v) is 3.27. The van der Waals surface area contributed by atoms with Crippen LogP contribution < -0.4 is 25.7 Å². The molecule has 3 N–H and O–H groups in total. The molecule has 1 atom stereocenters. The highest BCUT2D eigenvalue weighted by molar-refractivity contribution is 7.98. The summed E-state index contributed by atoms with van der Waals surface area (Å²) >= 11 is 1.54. The van der Waals surface area contributed by atoms with E-state index in [4.69, 9.17) is 14.6 Å². The van der Waals surface area contributed by atoms with E-state index in [0.717, 1.165) is 0 Å². The summed E-state index contributed by atoms with van der Waals surface area (Å²) in [5.41, 5.74) is -0.00275. The fourth-order valence-electron chi connectivity index (χ4n) is 2.80. The number of hydrogen-bond donors (Lipinski definition) is 3. The third kappa shape index (κ3) is 5.86. The molecule has 30 heavy (non-hydrogen) atoms. The van der Waals surface area contributed by atoms with E-state index in [-0.39, 0.29) is 31.0 Å². The number of ether oxygens (including phenoxy) is 2. The van der Waals surface area contributed by atoms with Crippen molar-refractivity contribution in [1.29, 1.82) is 0 Å². The first-order chi connectivity index (χ1) is 14.4. The normalized spacial score (nSPS) is 11.7. The van der Waals surface area contributed by atoms with Crippen LogP contribution in [0.15, 0.2) is 23.3 Å². The van der Waals surface area contributed by atoms with Gasteiger partial charge in [0, 0.05) is 12.6 Å². The molecule has 2 rings (SSSR count). The van der Waals surface area contributed by atoms with Crippen molar-refractivity contribution in [3.05, 3.63) is 28.8 Å². The number of aromatic nitrogens is 2. The zero-order chi connectivity index (χ0) is 22.1. The number of aliphatic hydroxyl groups is 1.